The van der Waals surface area contributed by atoms with Gasteiger partial charge >= 0.3 is 10.1 Å². The molecule has 1 rings (SSSR count). The van der Waals surface area contributed by atoms with Crippen LogP contribution in [0.1, 0.15) is 12.5 Å². The molecule has 0 amide bonds. The predicted octanol–water partition coefficient (Wildman–Crippen LogP) is 1.16. The smallest absolute Gasteiger partial charge is 0.306 e. The zero-order valence-electron chi connectivity index (χ0n) is 8.56. The molecular formula is C10H12O4S. The summed E-state index contributed by atoms with van der Waals surface area (Å²) in [6.07, 6.45) is 1.33. The van der Waals surface area contributed by atoms with E-state index in [1.54, 1.807) is 12.1 Å². The molecule has 0 aliphatic carbocycles. The van der Waals surface area contributed by atoms with Gasteiger partial charge in [0.2, 0.25) is 0 Å². The van der Waals surface area contributed by atoms with Crippen LogP contribution in [-0.2, 0) is 21.3 Å². The first-order valence-electron chi connectivity index (χ1n) is 4.34. The lowest BCUT2D eigenvalue weighted by Gasteiger charge is -2.03. The fourth-order valence-corrected chi connectivity index (χ4v) is 1.59. The molecule has 1 aromatic carbocycles. The van der Waals surface area contributed by atoms with Crippen LogP contribution < -0.4 is 4.18 Å². The van der Waals surface area contributed by atoms with E-state index in [0.717, 1.165) is 11.8 Å². The van der Waals surface area contributed by atoms with E-state index in [0.29, 0.717) is 6.42 Å². The van der Waals surface area contributed by atoms with Crippen LogP contribution in [0.2, 0.25) is 0 Å². The van der Waals surface area contributed by atoms with E-state index in [-0.39, 0.29) is 11.5 Å². The second-order valence-electron chi connectivity index (χ2n) is 3.31. The highest BCUT2D eigenvalue weighted by molar-refractivity contribution is 7.86. The van der Waals surface area contributed by atoms with E-state index in [1.807, 2.05) is 0 Å². The highest BCUT2D eigenvalue weighted by atomic mass is 32.2. The number of rotatable bonds is 4. The Morgan fingerprint density at radius 2 is 1.80 bits per heavy atom. The molecule has 0 saturated carbocycles. The van der Waals surface area contributed by atoms with Gasteiger partial charge in [0.1, 0.15) is 11.5 Å². The Hall–Kier alpha value is -1.36. The average molecular weight is 228 g/mol. The molecule has 0 bridgehead atoms. The van der Waals surface area contributed by atoms with Crippen LogP contribution in [0.25, 0.3) is 0 Å². The third-order valence-electron chi connectivity index (χ3n) is 1.62. The Morgan fingerprint density at radius 3 is 2.20 bits per heavy atom. The molecule has 0 saturated heterocycles. The van der Waals surface area contributed by atoms with Crippen LogP contribution >= 0.6 is 0 Å². The van der Waals surface area contributed by atoms with E-state index in [4.69, 9.17) is 0 Å². The monoisotopic (exact) mass is 228 g/mol. The lowest BCUT2D eigenvalue weighted by atomic mass is 10.1. The first kappa shape index (κ1) is 11.7. The molecule has 82 valence electrons. The molecule has 0 atom stereocenters. The minimum atomic E-state index is -3.48. The van der Waals surface area contributed by atoms with Crippen molar-refractivity contribution in [3.8, 4) is 5.75 Å². The molecule has 0 heterocycles. The van der Waals surface area contributed by atoms with Crippen LogP contribution in [0, 0.1) is 0 Å². The van der Waals surface area contributed by atoms with Crippen LogP contribution in [0.3, 0.4) is 0 Å². The summed E-state index contributed by atoms with van der Waals surface area (Å²) in [7, 11) is -3.48. The zero-order chi connectivity index (χ0) is 11.5. The fraction of sp³-hybridized carbons (Fsp3) is 0.300. The first-order chi connectivity index (χ1) is 6.87. The second kappa shape index (κ2) is 4.44. The lowest BCUT2D eigenvalue weighted by Crippen LogP contribution is -2.05. The molecule has 0 aliphatic heterocycles. The highest BCUT2D eigenvalue weighted by Crippen LogP contribution is 2.14. The number of Topliss-reactive ketones (excluding diaryl/α,β-unsaturated/α-hetero) is 1. The number of hydrogen-bond acceptors (Lipinski definition) is 4. The molecule has 4 nitrogen and oxygen atoms in total. The molecule has 5 heteroatoms. The van der Waals surface area contributed by atoms with E-state index in [1.165, 1.54) is 19.1 Å². The Bertz CT molecular complexity index is 445. The highest BCUT2D eigenvalue weighted by Gasteiger charge is 2.04. The summed E-state index contributed by atoms with van der Waals surface area (Å²) >= 11 is 0. The van der Waals surface area contributed by atoms with Gasteiger partial charge in [0.15, 0.2) is 0 Å². The van der Waals surface area contributed by atoms with Crippen LogP contribution in [0.5, 0.6) is 5.75 Å². The molecule has 0 spiro atoms. The molecule has 15 heavy (non-hydrogen) atoms. The van der Waals surface area contributed by atoms with Crippen LogP contribution in [-0.4, -0.2) is 20.5 Å². The van der Waals surface area contributed by atoms with Gasteiger partial charge in [0, 0.05) is 6.42 Å². The molecule has 0 N–H and O–H groups in total. The van der Waals surface area contributed by atoms with Crippen molar-refractivity contribution < 1.29 is 17.4 Å². The predicted molar refractivity (Wildman–Crippen MR) is 56.3 cm³/mol. The van der Waals surface area contributed by atoms with Gasteiger partial charge in [-0.3, -0.25) is 4.79 Å². The quantitative estimate of drug-likeness (QED) is 0.725. The summed E-state index contributed by atoms with van der Waals surface area (Å²) in [5, 5.41) is 0. The van der Waals surface area contributed by atoms with Crippen molar-refractivity contribution in [3.63, 3.8) is 0 Å². The minimum Gasteiger partial charge on any atom is -0.383 e. The van der Waals surface area contributed by atoms with E-state index in [9.17, 15) is 13.2 Å². The molecule has 1 aromatic rings. The Kier molecular flexibility index (Phi) is 3.47. The second-order valence-corrected chi connectivity index (χ2v) is 4.89. The molecule has 0 aliphatic rings. The third kappa shape index (κ3) is 4.60. The summed E-state index contributed by atoms with van der Waals surface area (Å²) in [5.41, 5.74) is 0.836. The first-order valence-corrected chi connectivity index (χ1v) is 6.16. The van der Waals surface area contributed by atoms with Crippen molar-refractivity contribution in [2.24, 2.45) is 0 Å². The Balaban J connectivity index is 2.77. The summed E-state index contributed by atoms with van der Waals surface area (Å²) in [4.78, 5) is 10.8. The van der Waals surface area contributed by atoms with Gasteiger partial charge in [-0.2, -0.15) is 8.42 Å². The Labute approximate surface area is 89.0 Å². The maximum absolute atomic E-state index is 10.8. The summed E-state index contributed by atoms with van der Waals surface area (Å²) in [6.45, 7) is 1.50. The Morgan fingerprint density at radius 1 is 1.27 bits per heavy atom. The molecule has 0 radical (unpaired) electrons. The van der Waals surface area contributed by atoms with Gasteiger partial charge in [0.05, 0.1) is 6.26 Å². The third-order valence-corrected chi connectivity index (χ3v) is 2.12. The maximum Gasteiger partial charge on any atom is 0.306 e. The van der Waals surface area contributed by atoms with Gasteiger partial charge in [-0.25, -0.2) is 0 Å². The van der Waals surface area contributed by atoms with Crippen molar-refractivity contribution in [1.29, 1.82) is 0 Å². The van der Waals surface area contributed by atoms with Gasteiger partial charge in [-0.15, -0.1) is 0 Å². The van der Waals surface area contributed by atoms with E-state index >= 15 is 0 Å². The van der Waals surface area contributed by atoms with Crippen LogP contribution in [0.4, 0.5) is 0 Å². The molecule has 0 aromatic heterocycles. The largest absolute Gasteiger partial charge is 0.383 e. The zero-order valence-corrected chi connectivity index (χ0v) is 9.37. The van der Waals surface area contributed by atoms with E-state index in [2.05, 4.69) is 4.18 Å². The van der Waals surface area contributed by atoms with Crippen molar-refractivity contribution >= 4 is 15.9 Å². The average Bonchev–Trinajstić information content (AvgIpc) is 2.05. The summed E-state index contributed by atoms with van der Waals surface area (Å²) < 4.78 is 26.2. The standard InChI is InChI=1S/C10H12O4S/c1-8(11)7-9-3-5-10(6-4-9)14-15(2,12)13/h3-6H,7H2,1-2H3. The van der Waals surface area contributed by atoms with Gasteiger partial charge < -0.3 is 4.18 Å². The SMILES string of the molecule is CC(=O)Cc1ccc(OS(C)(=O)=O)cc1. The number of carbonyl (C=O) groups excluding carboxylic acids is 1. The molecule has 0 unspecified atom stereocenters. The lowest BCUT2D eigenvalue weighted by molar-refractivity contribution is -0.116. The number of benzene rings is 1. The number of hydrogen-bond donors (Lipinski definition) is 0. The van der Waals surface area contributed by atoms with Gasteiger partial charge in [-0.05, 0) is 24.6 Å². The van der Waals surface area contributed by atoms with Gasteiger partial charge in [-0.1, -0.05) is 12.1 Å². The summed E-state index contributed by atoms with van der Waals surface area (Å²) in [6, 6.07) is 6.39. The minimum absolute atomic E-state index is 0.0618. The molecule has 0 fully saturated rings. The summed E-state index contributed by atoms with van der Waals surface area (Å²) in [5.74, 6) is 0.316. The number of ketones is 1. The fourth-order valence-electron chi connectivity index (χ4n) is 1.13. The van der Waals surface area contributed by atoms with Crippen molar-refractivity contribution in [1.82, 2.24) is 0 Å². The maximum atomic E-state index is 10.8. The number of carbonyl (C=O) groups is 1. The van der Waals surface area contributed by atoms with E-state index < -0.39 is 10.1 Å². The normalized spacial score (nSPS) is 11.1. The van der Waals surface area contributed by atoms with Crippen molar-refractivity contribution in [2.75, 3.05) is 6.26 Å². The molecular weight excluding hydrogens is 216 g/mol. The van der Waals surface area contributed by atoms with Gasteiger partial charge in [0.25, 0.3) is 0 Å². The van der Waals surface area contributed by atoms with Crippen LogP contribution in [0.15, 0.2) is 24.3 Å². The van der Waals surface area contributed by atoms with Crippen molar-refractivity contribution in [2.45, 2.75) is 13.3 Å². The topological polar surface area (TPSA) is 60.4 Å². The van der Waals surface area contributed by atoms with Crippen molar-refractivity contribution in [3.05, 3.63) is 29.8 Å².